The number of carbonyl (C=O) groups excluding carboxylic acids is 2. The van der Waals surface area contributed by atoms with E-state index in [1.807, 2.05) is 37.3 Å². The summed E-state index contributed by atoms with van der Waals surface area (Å²) < 4.78 is 17.0. The van der Waals surface area contributed by atoms with Crippen molar-refractivity contribution < 1.29 is 23.8 Å². The van der Waals surface area contributed by atoms with Gasteiger partial charge in [0, 0.05) is 13.8 Å². The van der Waals surface area contributed by atoms with Crippen molar-refractivity contribution >= 4 is 28.7 Å². The smallest absolute Gasteiger partial charge is 0.241 e. The predicted octanol–water partition coefficient (Wildman–Crippen LogP) is 3.46. The van der Waals surface area contributed by atoms with Crippen LogP contribution in [0.1, 0.15) is 30.3 Å². The van der Waals surface area contributed by atoms with E-state index in [4.69, 9.17) is 14.2 Å². The maximum atomic E-state index is 12.0. The third-order valence-corrected chi connectivity index (χ3v) is 5.46. The summed E-state index contributed by atoms with van der Waals surface area (Å²) in [5.74, 6) is 1.41. The number of rotatable bonds is 7. The van der Waals surface area contributed by atoms with E-state index >= 15 is 0 Å². The van der Waals surface area contributed by atoms with Gasteiger partial charge in [0.05, 0.1) is 7.11 Å². The van der Waals surface area contributed by atoms with E-state index in [0.717, 1.165) is 11.3 Å². The first-order valence-electron chi connectivity index (χ1n) is 9.70. The molecule has 31 heavy (non-hydrogen) atoms. The normalized spacial score (nSPS) is 15.3. The molecule has 0 aromatic heterocycles. The summed E-state index contributed by atoms with van der Waals surface area (Å²) in [6.07, 6.45) is 0. The van der Waals surface area contributed by atoms with Crippen molar-refractivity contribution in [2.75, 3.05) is 20.3 Å². The van der Waals surface area contributed by atoms with Crippen molar-refractivity contribution in [2.24, 2.45) is 5.10 Å². The molecule has 0 unspecified atom stereocenters. The number of amides is 2. The van der Waals surface area contributed by atoms with Gasteiger partial charge in [-0.25, -0.2) is 5.01 Å². The van der Waals surface area contributed by atoms with Gasteiger partial charge in [-0.3, -0.25) is 9.59 Å². The van der Waals surface area contributed by atoms with Crippen LogP contribution in [-0.2, 0) is 9.59 Å². The van der Waals surface area contributed by atoms with Crippen LogP contribution < -0.4 is 19.5 Å². The number of hydrogen-bond donors (Lipinski definition) is 1. The molecule has 2 aromatic carbocycles. The first-order valence-corrected chi connectivity index (χ1v) is 10.6. The molecule has 0 radical (unpaired) electrons. The second-order valence-electron chi connectivity index (χ2n) is 6.84. The zero-order valence-corrected chi connectivity index (χ0v) is 18.7. The lowest BCUT2D eigenvalue weighted by molar-refractivity contribution is -0.129. The van der Waals surface area contributed by atoms with Gasteiger partial charge in [0.1, 0.15) is 24.3 Å². The van der Waals surface area contributed by atoms with Gasteiger partial charge in [-0.1, -0.05) is 35.5 Å². The molecule has 1 N–H and O–H groups in total. The molecule has 0 saturated heterocycles. The quantitative estimate of drug-likeness (QED) is 0.659. The van der Waals surface area contributed by atoms with Gasteiger partial charge in [0.15, 0.2) is 16.7 Å². The molecule has 0 spiro atoms. The fourth-order valence-corrected chi connectivity index (χ4v) is 4.01. The number of methoxy groups -OCH3 is 1. The summed E-state index contributed by atoms with van der Waals surface area (Å²) in [6.45, 7) is 5.58. The highest BCUT2D eigenvalue weighted by molar-refractivity contribution is 8.14. The van der Waals surface area contributed by atoms with E-state index in [-0.39, 0.29) is 11.8 Å². The predicted molar refractivity (Wildman–Crippen MR) is 119 cm³/mol. The van der Waals surface area contributed by atoms with Gasteiger partial charge in [-0.05, 0) is 36.8 Å². The third-order valence-electron chi connectivity index (χ3n) is 4.35. The number of hydrogen-bond acceptors (Lipinski definition) is 7. The van der Waals surface area contributed by atoms with Crippen molar-refractivity contribution in [1.82, 2.24) is 10.3 Å². The maximum Gasteiger partial charge on any atom is 0.241 e. The minimum absolute atomic E-state index is 0.231. The summed E-state index contributed by atoms with van der Waals surface area (Å²) in [6, 6.07) is 13.3. The topological polar surface area (TPSA) is 89.5 Å². The van der Waals surface area contributed by atoms with E-state index in [2.05, 4.69) is 10.4 Å². The number of thioether (sulfide) groups is 1. The number of carbonyl (C=O) groups is 2. The summed E-state index contributed by atoms with van der Waals surface area (Å²) in [4.78, 5) is 23.4. The monoisotopic (exact) mass is 443 g/mol. The lowest BCUT2D eigenvalue weighted by Gasteiger charge is -2.20. The molecule has 0 saturated carbocycles. The fraction of sp³-hybridized carbons (Fsp3) is 0.318. The number of aryl methyl sites for hydroxylation is 1. The van der Waals surface area contributed by atoms with Gasteiger partial charge >= 0.3 is 0 Å². The molecule has 3 rings (SSSR count). The molecule has 1 heterocycles. The minimum atomic E-state index is -0.410. The van der Waals surface area contributed by atoms with Crippen LogP contribution >= 0.6 is 11.8 Å². The van der Waals surface area contributed by atoms with Crippen molar-refractivity contribution in [2.45, 2.75) is 26.1 Å². The Balaban J connectivity index is 1.64. The van der Waals surface area contributed by atoms with Crippen LogP contribution in [0.2, 0.25) is 0 Å². The van der Waals surface area contributed by atoms with E-state index in [1.165, 1.54) is 36.2 Å². The van der Waals surface area contributed by atoms with Crippen molar-refractivity contribution in [1.29, 1.82) is 0 Å². The number of ether oxygens (including phenoxy) is 3. The fourth-order valence-electron chi connectivity index (χ4n) is 2.88. The standard InChI is InChI=1S/C22H25N3O5S/c1-14-5-8-18(9-6-14)29-11-12-30-19-10-7-17(13-20(19)28-4)21-25(16(3)27)24-22(31-21)23-15(2)26/h5-10,13,21H,11-12H2,1-4H3,(H,23,24,26)/t21-/m1/s1. The number of nitrogens with one attached hydrogen (secondary N) is 1. The van der Waals surface area contributed by atoms with Gasteiger partial charge in [-0.2, -0.15) is 0 Å². The van der Waals surface area contributed by atoms with Gasteiger partial charge in [0.2, 0.25) is 11.8 Å². The Morgan fingerprint density at radius 3 is 2.42 bits per heavy atom. The van der Waals surface area contributed by atoms with E-state index < -0.39 is 5.37 Å². The Bertz CT molecular complexity index is 978. The summed E-state index contributed by atoms with van der Waals surface area (Å²) in [5, 5.41) is 8.13. The van der Waals surface area contributed by atoms with Crippen LogP contribution in [0.15, 0.2) is 47.6 Å². The van der Waals surface area contributed by atoms with E-state index in [0.29, 0.717) is 29.9 Å². The van der Waals surface area contributed by atoms with E-state index in [1.54, 1.807) is 19.2 Å². The summed E-state index contributed by atoms with van der Waals surface area (Å²) >= 11 is 1.28. The lowest BCUT2D eigenvalue weighted by Crippen LogP contribution is -2.25. The Morgan fingerprint density at radius 1 is 1.06 bits per heavy atom. The number of nitrogens with zero attached hydrogens (tertiary/aromatic N) is 2. The van der Waals surface area contributed by atoms with Crippen molar-refractivity contribution in [3.05, 3.63) is 53.6 Å². The van der Waals surface area contributed by atoms with Crippen LogP contribution in [-0.4, -0.2) is 42.3 Å². The van der Waals surface area contributed by atoms with Gasteiger partial charge in [-0.15, -0.1) is 5.10 Å². The average Bonchev–Trinajstić information content (AvgIpc) is 3.16. The number of benzene rings is 2. The molecule has 0 bridgehead atoms. The van der Waals surface area contributed by atoms with Crippen LogP contribution in [0.4, 0.5) is 0 Å². The van der Waals surface area contributed by atoms with Crippen LogP contribution in [0, 0.1) is 6.92 Å². The van der Waals surface area contributed by atoms with Crippen LogP contribution in [0.3, 0.4) is 0 Å². The van der Waals surface area contributed by atoms with Crippen molar-refractivity contribution in [3.63, 3.8) is 0 Å². The molecular weight excluding hydrogens is 418 g/mol. The largest absolute Gasteiger partial charge is 0.493 e. The van der Waals surface area contributed by atoms with Crippen LogP contribution in [0.25, 0.3) is 0 Å². The molecule has 0 fully saturated rings. The minimum Gasteiger partial charge on any atom is -0.493 e. The first kappa shape index (κ1) is 22.5. The number of amidine groups is 1. The molecule has 0 aliphatic carbocycles. The van der Waals surface area contributed by atoms with Crippen LogP contribution in [0.5, 0.6) is 17.2 Å². The zero-order valence-electron chi connectivity index (χ0n) is 17.9. The van der Waals surface area contributed by atoms with E-state index in [9.17, 15) is 9.59 Å². The Morgan fingerprint density at radius 2 is 1.77 bits per heavy atom. The highest BCUT2D eigenvalue weighted by atomic mass is 32.2. The molecule has 164 valence electrons. The SMILES string of the molecule is COc1cc([C@H]2SC(NC(C)=O)=NN2C(C)=O)ccc1OCCOc1ccc(C)cc1. The zero-order chi connectivity index (χ0) is 22.4. The van der Waals surface area contributed by atoms with Gasteiger partial charge in [0.25, 0.3) is 0 Å². The Labute approximate surface area is 185 Å². The molecule has 1 aliphatic heterocycles. The highest BCUT2D eigenvalue weighted by Crippen LogP contribution is 2.41. The molecule has 8 nitrogen and oxygen atoms in total. The Kier molecular flexibility index (Phi) is 7.41. The molecule has 2 aromatic rings. The molecule has 1 aliphatic rings. The van der Waals surface area contributed by atoms with Crippen molar-refractivity contribution in [3.8, 4) is 17.2 Å². The second-order valence-corrected chi connectivity index (χ2v) is 7.91. The molecule has 1 atom stereocenters. The molecule has 2 amide bonds. The first-order chi connectivity index (χ1) is 14.9. The number of hydrazone groups is 1. The highest BCUT2D eigenvalue weighted by Gasteiger charge is 2.32. The second kappa shape index (κ2) is 10.2. The lowest BCUT2D eigenvalue weighted by atomic mass is 10.2. The molecular formula is C22H25N3O5S. The summed E-state index contributed by atoms with van der Waals surface area (Å²) in [7, 11) is 1.55. The Hall–Kier alpha value is -3.20. The third kappa shape index (κ3) is 5.91. The summed E-state index contributed by atoms with van der Waals surface area (Å²) in [5.41, 5.74) is 1.97. The molecule has 9 heteroatoms. The average molecular weight is 444 g/mol. The van der Waals surface area contributed by atoms with Gasteiger partial charge < -0.3 is 19.5 Å². The maximum absolute atomic E-state index is 12.0.